The number of benzene rings is 1. The highest BCUT2D eigenvalue weighted by Gasteiger charge is 2.18. The van der Waals surface area contributed by atoms with Crippen molar-refractivity contribution < 1.29 is 4.79 Å². The van der Waals surface area contributed by atoms with Crippen molar-refractivity contribution in [1.82, 2.24) is 25.1 Å². The number of carbonyl (C=O) groups excluding carboxylic acids is 1. The van der Waals surface area contributed by atoms with E-state index < -0.39 is 0 Å². The van der Waals surface area contributed by atoms with Crippen LogP contribution in [0.3, 0.4) is 0 Å². The Morgan fingerprint density at radius 2 is 1.92 bits per heavy atom. The number of carbonyl (C=O) groups is 1. The van der Waals surface area contributed by atoms with Gasteiger partial charge in [-0.05, 0) is 63.7 Å². The van der Waals surface area contributed by atoms with Gasteiger partial charge in [0, 0.05) is 29.1 Å². The van der Waals surface area contributed by atoms with Gasteiger partial charge in [-0.15, -0.1) is 0 Å². The maximum absolute atomic E-state index is 12.4. The average molecular weight is 507 g/mol. The zero-order chi connectivity index (χ0) is 25.6. The van der Waals surface area contributed by atoms with E-state index >= 15 is 0 Å². The molecular formula is C29H26N6OS. The molecule has 0 spiro atoms. The summed E-state index contributed by atoms with van der Waals surface area (Å²) in [5, 5.41) is 16.1. The van der Waals surface area contributed by atoms with Crippen molar-refractivity contribution in [3.05, 3.63) is 71.7 Å². The highest BCUT2D eigenvalue weighted by atomic mass is 32.1. The third kappa shape index (κ3) is 4.63. The summed E-state index contributed by atoms with van der Waals surface area (Å²) in [5.41, 5.74) is 8.84. The number of fused-ring (bicyclic) bond motifs is 2. The molecular weight excluding hydrogens is 480 g/mol. The maximum atomic E-state index is 12.4. The fourth-order valence-corrected chi connectivity index (χ4v) is 5.19. The van der Waals surface area contributed by atoms with Crippen molar-refractivity contribution in [3.8, 4) is 33.8 Å². The normalized spacial score (nSPS) is 11.9. The van der Waals surface area contributed by atoms with E-state index in [9.17, 15) is 4.79 Å². The number of pyridine rings is 2. The van der Waals surface area contributed by atoms with Gasteiger partial charge in [0.05, 0.1) is 28.8 Å². The van der Waals surface area contributed by atoms with E-state index in [1.54, 1.807) is 23.7 Å². The van der Waals surface area contributed by atoms with Gasteiger partial charge in [0.25, 0.3) is 0 Å². The Morgan fingerprint density at radius 3 is 2.73 bits per heavy atom. The van der Waals surface area contributed by atoms with E-state index in [0.29, 0.717) is 12.1 Å². The van der Waals surface area contributed by atoms with Crippen molar-refractivity contribution in [3.63, 3.8) is 0 Å². The first-order chi connectivity index (χ1) is 17.8. The van der Waals surface area contributed by atoms with Gasteiger partial charge in [-0.3, -0.25) is 14.9 Å². The average Bonchev–Trinajstić information content (AvgIpc) is 3.61. The van der Waals surface area contributed by atoms with E-state index in [2.05, 4.69) is 66.6 Å². The highest BCUT2D eigenvalue weighted by molar-refractivity contribution is 7.08. The molecule has 0 saturated carbocycles. The largest absolute Gasteiger partial charge is 0.353 e. The second kappa shape index (κ2) is 8.97. The zero-order valence-electron chi connectivity index (χ0n) is 20.8. The van der Waals surface area contributed by atoms with E-state index in [4.69, 9.17) is 4.98 Å². The molecule has 37 heavy (non-hydrogen) atoms. The Bertz CT molecular complexity index is 1740. The second-order valence-electron chi connectivity index (χ2n) is 10.4. The van der Waals surface area contributed by atoms with Crippen molar-refractivity contribution in [2.75, 3.05) is 5.32 Å². The summed E-state index contributed by atoms with van der Waals surface area (Å²) in [7, 11) is 0. The number of thiophene rings is 1. The third-order valence-corrected chi connectivity index (χ3v) is 6.85. The standard InChI is InChI=1S/C29H26N6OS/c1-29(2,3)13-26(36)31-19-11-18(14-30-15-19)22-7-8-24-27(33-22)28(35-34-24)25-12-21-20(17-9-10-37-16-17)5-4-6-23(21)32-25/h4-12,14-16,32H,13H2,1-3H3,(H,31,36)(H,34,35). The molecule has 1 aromatic carbocycles. The molecule has 0 atom stereocenters. The van der Waals surface area contributed by atoms with E-state index in [-0.39, 0.29) is 11.3 Å². The van der Waals surface area contributed by atoms with Crippen LogP contribution in [0, 0.1) is 5.41 Å². The summed E-state index contributed by atoms with van der Waals surface area (Å²) in [5.74, 6) is -0.0346. The van der Waals surface area contributed by atoms with Gasteiger partial charge in [-0.25, -0.2) is 4.98 Å². The lowest BCUT2D eigenvalue weighted by Crippen LogP contribution is -2.19. The number of amides is 1. The van der Waals surface area contributed by atoms with Crippen LogP contribution in [0.25, 0.3) is 55.7 Å². The van der Waals surface area contributed by atoms with Gasteiger partial charge in [0.2, 0.25) is 5.91 Å². The molecule has 6 aromatic rings. The fourth-order valence-electron chi connectivity index (χ4n) is 4.53. The Labute approximate surface area is 218 Å². The molecule has 0 aliphatic carbocycles. The Morgan fingerprint density at radius 1 is 1.03 bits per heavy atom. The van der Waals surface area contributed by atoms with E-state index in [0.717, 1.165) is 44.6 Å². The van der Waals surface area contributed by atoms with Crippen molar-refractivity contribution in [1.29, 1.82) is 0 Å². The van der Waals surface area contributed by atoms with Crippen LogP contribution in [0.1, 0.15) is 27.2 Å². The summed E-state index contributed by atoms with van der Waals surface area (Å²) in [4.78, 5) is 25.2. The molecule has 6 rings (SSSR count). The summed E-state index contributed by atoms with van der Waals surface area (Å²) in [6.07, 6.45) is 3.84. The Balaban J connectivity index is 1.36. The molecule has 3 N–H and O–H groups in total. The summed E-state index contributed by atoms with van der Waals surface area (Å²) >= 11 is 1.69. The molecule has 5 heterocycles. The minimum Gasteiger partial charge on any atom is -0.353 e. The topological polar surface area (TPSA) is 99.4 Å². The summed E-state index contributed by atoms with van der Waals surface area (Å²) < 4.78 is 0. The number of aromatic nitrogens is 5. The van der Waals surface area contributed by atoms with Gasteiger partial charge >= 0.3 is 0 Å². The molecule has 1 amide bonds. The van der Waals surface area contributed by atoms with Crippen LogP contribution >= 0.6 is 11.3 Å². The predicted molar refractivity (Wildman–Crippen MR) is 150 cm³/mol. The molecule has 8 heteroatoms. The van der Waals surface area contributed by atoms with Crippen molar-refractivity contribution >= 4 is 44.9 Å². The van der Waals surface area contributed by atoms with Crippen LogP contribution in [0.5, 0.6) is 0 Å². The molecule has 0 bridgehead atoms. The van der Waals surface area contributed by atoms with Crippen LogP contribution in [0.4, 0.5) is 5.69 Å². The maximum Gasteiger partial charge on any atom is 0.224 e. The fraction of sp³-hybridized carbons (Fsp3) is 0.172. The number of rotatable bonds is 5. The first kappa shape index (κ1) is 23.1. The Kier molecular flexibility index (Phi) is 5.61. The monoisotopic (exact) mass is 506 g/mol. The van der Waals surface area contributed by atoms with E-state index in [1.165, 1.54) is 11.1 Å². The number of anilines is 1. The molecule has 7 nitrogen and oxygen atoms in total. The van der Waals surface area contributed by atoms with Crippen molar-refractivity contribution in [2.24, 2.45) is 5.41 Å². The summed E-state index contributed by atoms with van der Waals surface area (Å²) in [6.45, 7) is 6.12. The van der Waals surface area contributed by atoms with Crippen molar-refractivity contribution in [2.45, 2.75) is 27.2 Å². The molecule has 0 unspecified atom stereocenters. The second-order valence-corrected chi connectivity index (χ2v) is 11.2. The molecule has 0 aliphatic rings. The van der Waals surface area contributed by atoms with Crippen LogP contribution in [-0.2, 0) is 4.79 Å². The Hall–Kier alpha value is -4.30. The molecule has 0 aliphatic heterocycles. The lowest BCUT2D eigenvalue weighted by atomic mass is 9.92. The number of H-pyrrole nitrogens is 2. The minimum absolute atomic E-state index is 0.0346. The first-order valence-electron chi connectivity index (χ1n) is 12.1. The number of hydrogen-bond acceptors (Lipinski definition) is 5. The number of nitrogens with one attached hydrogen (secondary N) is 3. The van der Waals surface area contributed by atoms with Gasteiger partial charge < -0.3 is 10.3 Å². The van der Waals surface area contributed by atoms with Gasteiger partial charge in [0.1, 0.15) is 11.2 Å². The van der Waals surface area contributed by atoms with Crippen LogP contribution in [-0.4, -0.2) is 31.1 Å². The number of hydrogen-bond donors (Lipinski definition) is 3. The summed E-state index contributed by atoms with van der Waals surface area (Å²) in [6, 6.07) is 16.4. The SMILES string of the molecule is CC(C)(C)CC(=O)Nc1cncc(-c2ccc3[nH]nc(-c4cc5c(-c6ccsc6)cccc5[nH]4)c3n2)c1. The molecule has 184 valence electrons. The van der Waals surface area contributed by atoms with E-state index in [1.807, 2.05) is 39.0 Å². The quantitative estimate of drug-likeness (QED) is 0.229. The molecule has 0 fully saturated rings. The zero-order valence-corrected chi connectivity index (χ0v) is 21.6. The van der Waals surface area contributed by atoms with Crippen LogP contribution in [0.15, 0.2) is 71.7 Å². The van der Waals surface area contributed by atoms with Gasteiger partial charge in [0.15, 0.2) is 0 Å². The predicted octanol–water partition coefficient (Wildman–Crippen LogP) is 7.27. The van der Waals surface area contributed by atoms with Gasteiger partial charge in [-0.2, -0.15) is 16.4 Å². The minimum atomic E-state index is -0.0908. The molecule has 5 aromatic heterocycles. The molecule has 0 radical (unpaired) electrons. The lowest BCUT2D eigenvalue weighted by Gasteiger charge is -2.17. The van der Waals surface area contributed by atoms with Crippen LogP contribution in [0.2, 0.25) is 0 Å². The first-order valence-corrected chi connectivity index (χ1v) is 13.0. The smallest absolute Gasteiger partial charge is 0.224 e. The number of nitrogens with zero attached hydrogens (tertiary/aromatic N) is 3. The lowest BCUT2D eigenvalue weighted by molar-refractivity contribution is -0.117. The van der Waals surface area contributed by atoms with Crippen LogP contribution < -0.4 is 5.32 Å². The van der Waals surface area contributed by atoms with Gasteiger partial charge in [-0.1, -0.05) is 32.9 Å². The third-order valence-electron chi connectivity index (χ3n) is 6.17. The molecule has 0 saturated heterocycles. The highest BCUT2D eigenvalue weighted by Crippen LogP contribution is 2.35. The number of aromatic amines is 2.